The Morgan fingerprint density at radius 1 is 1.33 bits per heavy atom. The quantitative estimate of drug-likeness (QED) is 0.640. The number of halogens is 1. The lowest BCUT2D eigenvalue weighted by molar-refractivity contribution is 1.44. The van der Waals surface area contributed by atoms with Crippen molar-refractivity contribution in [1.82, 2.24) is 0 Å². The summed E-state index contributed by atoms with van der Waals surface area (Å²) in [5.74, 6) is 0. The summed E-state index contributed by atoms with van der Waals surface area (Å²) in [7, 11) is 0. The molecule has 0 atom stereocenters. The Kier molecular flexibility index (Phi) is 2.12. The fraction of sp³-hybridized carbons (Fsp3) is 0.200. The van der Waals surface area contributed by atoms with Gasteiger partial charge >= 0.3 is 0 Å². The van der Waals surface area contributed by atoms with E-state index in [0.29, 0.717) is 0 Å². The maximum Gasteiger partial charge on any atom is 0.0375 e. The predicted octanol–water partition coefficient (Wildman–Crippen LogP) is 4.12. The summed E-state index contributed by atoms with van der Waals surface area (Å²) < 4.78 is 2.81. The van der Waals surface area contributed by atoms with Gasteiger partial charge in [-0.05, 0) is 70.5 Å². The Hall–Kier alpha value is -0.0900. The molecule has 2 heteroatoms. The molecule has 0 unspecified atom stereocenters. The lowest BCUT2D eigenvalue weighted by atomic mass is 10.1. The zero-order valence-corrected chi connectivity index (χ0v) is 9.99. The van der Waals surface area contributed by atoms with Crippen LogP contribution in [-0.2, 0) is 0 Å². The normalized spacial score (nSPS) is 10.9. The van der Waals surface area contributed by atoms with Crippen molar-refractivity contribution < 1.29 is 0 Å². The Morgan fingerprint density at radius 2 is 2.08 bits per heavy atom. The third-order valence-corrected chi connectivity index (χ3v) is 4.30. The van der Waals surface area contributed by atoms with E-state index in [-0.39, 0.29) is 0 Å². The third-order valence-electron chi connectivity index (χ3n) is 2.13. The van der Waals surface area contributed by atoms with Crippen molar-refractivity contribution >= 4 is 44.0 Å². The van der Waals surface area contributed by atoms with Crippen LogP contribution in [0.1, 0.15) is 11.1 Å². The number of thiophene rings is 1. The van der Waals surface area contributed by atoms with E-state index in [4.69, 9.17) is 0 Å². The van der Waals surface area contributed by atoms with Crippen LogP contribution >= 0.6 is 33.9 Å². The van der Waals surface area contributed by atoms with Gasteiger partial charge in [0.2, 0.25) is 0 Å². The van der Waals surface area contributed by atoms with Crippen LogP contribution in [0.4, 0.5) is 0 Å². The number of aryl methyl sites for hydroxylation is 2. The zero-order chi connectivity index (χ0) is 8.72. The summed E-state index contributed by atoms with van der Waals surface area (Å²) in [6.07, 6.45) is 0. The average Bonchev–Trinajstić information content (AvgIpc) is 2.48. The van der Waals surface area contributed by atoms with Gasteiger partial charge in [0.1, 0.15) is 0 Å². The van der Waals surface area contributed by atoms with Crippen molar-refractivity contribution in [3.8, 4) is 0 Å². The SMILES string of the molecule is Cc1c(I)cc(C)c2sccc12. The fourth-order valence-corrected chi connectivity index (χ4v) is 3.09. The van der Waals surface area contributed by atoms with Crippen molar-refractivity contribution in [2.75, 3.05) is 0 Å². The second kappa shape index (κ2) is 3.00. The van der Waals surface area contributed by atoms with E-state index in [0.717, 1.165) is 0 Å². The van der Waals surface area contributed by atoms with Gasteiger partial charge in [-0.15, -0.1) is 11.3 Å². The molecule has 1 aromatic carbocycles. The molecule has 0 radical (unpaired) electrons. The molecule has 0 aliphatic heterocycles. The monoisotopic (exact) mass is 288 g/mol. The average molecular weight is 288 g/mol. The highest BCUT2D eigenvalue weighted by Crippen LogP contribution is 2.30. The molecule has 1 heterocycles. The van der Waals surface area contributed by atoms with Crippen LogP contribution in [0.5, 0.6) is 0 Å². The predicted molar refractivity (Wildman–Crippen MR) is 64.0 cm³/mol. The number of benzene rings is 1. The third kappa shape index (κ3) is 1.17. The molecule has 2 aromatic rings. The summed E-state index contributed by atoms with van der Waals surface area (Å²) in [6, 6.07) is 4.47. The topological polar surface area (TPSA) is 0 Å². The van der Waals surface area contributed by atoms with Gasteiger partial charge in [0.15, 0.2) is 0 Å². The van der Waals surface area contributed by atoms with Gasteiger partial charge in [-0.1, -0.05) is 0 Å². The summed E-state index contributed by atoms with van der Waals surface area (Å²) in [5.41, 5.74) is 2.81. The van der Waals surface area contributed by atoms with Crippen molar-refractivity contribution in [1.29, 1.82) is 0 Å². The zero-order valence-electron chi connectivity index (χ0n) is 7.02. The second-order valence-electron chi connectivity index (χ2n) is 2.96. The number of hydrogen-bond acceptors (Lipinski definition) is 1. The van der Waals surface area contributed by atoms with Crippen molar-refractivity contribution in [2.24, 2.45) is 0 Å². The van der Waals surface area contributed by atoms with Crippen molar-refractivity contribution in [2.45, 2.75) is 13.8 Å². The van der Waals surface area contributed by atoms with Crippen LogP contribution in [0.15, 0.2) is 17.5 Å². The summed E-state index contributed by atoms with van der Waals surface area (Å²) in [5, 5.41) is 3.59. The smallest absolute Gasteiger partial charge is 0.0375 e. The molecule has 0 aliphatic carbocycles. The minimum Gasteiger partial charge on any atom is -0.144 e. The van der Waals surface area contributed by atoms with Crippen molar-refractivity contribution in [3.63, 3.8) is 0 Å². The maximum atomic E-state index is 2.40. The molecule has 0 saturated heterocycles. The molecular weight excluding hydrogens is 279 g/mol. The Morgan fingerprint density at radius 3 is 2.83 bits per heavy atom. The van der Waals surface area contributed by atoms with E-state index in [1.807, 2.05) is 11.3 Å². The largest absolute Gasteiger partial charge is 0.144 e. The van der Waals surface area contributed by atoms with E-state index in [2.05, 4.69) is 54.0 Å². The van der Waals surface area contributed by atoms with Crippen LogP contribution in [0.2, 0.25) is 0 Å². The van der Waals surface area contributed by atoms with E-state index < -0.39 is 0 Å². The lowest BCUT2D eigenvalue weighted by Gasteiger charge is -2.02. The molecule has 1 aromatic heterocycles. The molecule has 0 nitrogen and oxygen atoms in total. The highest BCUT2D eigenvalue weighted by molar-refractivity contribution is 14.1. The van der Waals surface area contributed by atoms with Crippen LogP contribution in [0.3, 0.4) is 0 Å². The van der Waals surface area contributed by atoms with Gasteiger partial charge in [0.05, 0.1) is 0 Å². The van der Waals surface area contributed by atoms with Gasteiger partial charge < -0.3 is 0 Å². The van der Waals surface area contributed by atoms with Gasteiger partial charge in [-0.2, -0.15) is 0 Å². The minimum atomic E-state index is 1.37. The summed E-state index contributed by atoms with van der Waals surface area (Å²) in [6.45, 7) is 4.37. The Bertz CT molecular complexity index is 429. The van der Waals surface area contributed by atoms with Crippen LogP contribution in [0.25, 0.3) is 10.1 Å². The molecule has 0 spiro atoms. The highest BCUT2D eigenvalue weighted by Gasteiger charge is 2.04. The lowest BCUT2D eigenvalue weighted by Crippen LogP contribution is -1.82. The molecule has 62 valence electrons. The van der Waals surface area contributed by atoms with E-state index in [1.165, 1.54) is 24.8 Å². The summed E-state index contributed by atoms with van der Waals surface area (Å²) >= 11 is 4.23. The van der Waals surface area contributed by atoms with Crippen molar-refractivity contribution in [3.05, 3.63) is 32.2 Å². The standard InChI is InChI=1S/C10H9IS/c1-6-5-9(11)7(2)8-3-4-12-10(6)8/h3-5H,1-2H3. The fourth-order valence-electron chi connectivity index (χ4n) is 1.40. The maximum absolute atomic E-state index is 2.40. The molecular formula is C10H9IS. The molecule has 12 heavy (non-hydrogen) atoms. The molecule has 0 fully saturated rings. The van der Waals surface area contributed by atoms with Gasteiger partial charge in [0.25, 0.3) is 0 Å². The van der Waals surface area contributed by atoms with Gasteiger partial charge in [0, 0.05) is 8.27 Å². The number of rotatable bonds is 0. The first-order chi connectivity index (χ1) is 5.70. The minimum absolute atomic E-state index is 1.37. The molecule has 2 rings (SSSR count). The molecule has 0 bridgehead atoms. The number of hydrogen-bond donors (Lipinski definition) is 0. The first kappa shape index (κ1) is 8.51. The summed E-state index contributed by atoms with van der Waals surface area (Å²) in [4.78, 5) is 0. The molecule has 0 amide bonds. The first-order valence-electron chi connectivity index (χ1n) is 3.83. The second-order valence-corrected chi connectivity index (χ2v) is 5.04. The Labute approximate surface area is 89.7 Å². The molecule has 0 aliphatic rings. The van der Waals surface area contributed by atoms with Gasteiger partial charge in [-0.3, -0.25) is 0 Å². The van der Waals surface area contributed by atoms with E-state index in [1.54, 1.807) is 0 Å². The van der Waals surface area contributed by atoms with Gasteiger partial charge in [-0.25, -0.2) is 0 Å². The van der Waals surface area contributed by atoms with Crippen LogP contribution < -0.4 is 0 Å². The number of fused-ring (bicyclic) bond motifs is 1. The first-order valence-corrected chi connectivity index (χ1v) is 5.79. The Balaban J connectivity index is 2.97. The van der Waals surface area contributed by atoms with Crippen LogP contribution in [0, 0.1) is 17.4 Å². The highest BCUT2D eigenvalue weighted by atomic mass is 127. The molecule has 0 saturated carbocycles. The van der Waals surface area contributed by atoms with Crippen LogP contribution in [-0.4, -0.2) is 0 Å². The van der Waals surface area contributed by atoms with E-state index >= 15 is 0 Å². The molecule has 0 N–H and O–H groups in total. The van der Waals surface area contributed by atoms with E-state index in [9.17, 15) is 0 Å².